The van der Waals surface area contributed by atoms with Crippen LogP contribution in [0.25, 0.3) is 17.1 Å². The highest BCUT2D eigenvalue weighted by molar-refractivity contribution is 5.99. The average molecular weight is 584 g/mol. The Hall–Kier alpha value is -6.45. The number of hydrazone groups is 1. The summed E-state index contributed by atoms with van der Waals surface area (Å²) in [6.07, 6.45) is 1.33. The minimum Gasteiger partial charge on any atom is -0.493 e. The van der Waals surface area contributed by atoms with E-state index in [2.05, 4.69) is 35.8 Å². The predicted molar refractivity (Wildman–Crippen MR) is 150 cm³/mol. The number of hydrogen-bond donors (Lipinski definition) is 2. The molecule has 3 N–H and O–H groups in total. The van der Waals surface area contributed by atoms with Crippen LogP contribution in [0, 0.1) is 17.0 Å². The maximum absolute atomic E-state index is 13.3. The molecule has 0 unspecified atom stereocenters. The second kappa shape index (κ2) is 12.0. The maximum atomic E-state index is 13.3. The first kappa shape index (κ1) is 28.1. The number of carbonyl (C=O) groups is 2. The van der Waals surface area contributed by atoms with E-state index in [4.69, 9.17) is 15.2 Å². The fraction of sp³-hybridized carbons (Fsp3) is 0.0741. The Labute approximate surface area is 241 Å². The zero-order valence-corrected chi connectivity index (χ0v) is 22.5. The van der Waals surface area contributed by atoms with Gasteiger partial charge in [-0.3, -0.25) is 14.9 Å². The van der Waals surface area contributed by atoms with Crippen LogP contribution in [-0.2, 0) is 0 Å². The van der Waals surface area contributed by atoms with Gasteiger partial charge in [-0.05, 0) is 47.1 Å². The summed E-state index contributed by atoms with van der Waals surface area (Å²) < 4.78 is 16.5. The predicted octanol–water partition coefficient (Wildman–Crippen LogP) is 3.11. The molecule has 2 aromatic heterocycles. The third-order valence-electron chi connectivity index (χ3n) is 6.12. The van der Waals surface area contributed by atoms with E-state index in [0.29, 0.717) is 11.1 Å². The standard InChI is InChI=1S/C27H21N9O7/c1-15-18(9-6-10-19(15)36(39)40)27(38)42-20-12-11-16(13-21(20)41-2)14-29-31-26(37)23-22(17-7-4-3-5-8-17)30-34-35(23)25-24(28)32-43-33-25/h3-14H,1-2H3,(H2,28,32)(H,31,37)/b29-14-. The monoisotopic (exact) mass is 583 g/mol. The van der Waals surface area contributed by atoms with Gasteiger partial charge >= 0.3 is 5.97 Å². The van der Waals surface area contributed by atoms with Gasteiger partial charge < -0.3 is 15.2 Å². The van der Waals surface area contributed by atoms with E-state index in [-0.39, 0.29) is 51.3 Å². The van der Waals surface area contributed by atoms with Gasteiger partial charge in [-0.25, -0.2) is 14.8 Å². The van der Waals surface area contributed by atoms with Crippen molar-refractivity contribution in [3.05, 3.63) is 99.2 Å². The highest BCUT2D eigenvalue weighted by Crippen LogP contribution is 2.30. The molecule has 3 aromatic carbocycles. The summed E-state index contributed by atoms with van der Waals surface area (Å²) >= 11 is 0. The van der Waals surface area contributed by atoms with Crippen molar-refractivity contribution in [2.45, 2.75) is 6.92 Å². The molecule has 0 saturated heterocycles. The lowest BCUT2D eigenvalue weighted by atomic mass is 10.1. The quantitative estimate of drug-likeness (QED) is 0.0841. The summed E-state index contributed by atoms with van der Waals surface area (Å²) in [5.41, 5.74) is 9.53. The number of aromatic nitrogens is 5. The lowest BCUT2D eigenvalue weighted by molar-refractivity contribution is -0.385. The Balaban J connectivity index is 1.36. The van der Waals surface area contributed by atoms with Gasteiger partial charge in [-0.2, -0.15) is 9.78 Å². The van der Waals surface area contributed by atoms with Gasteiger partial charge in [0.1, 0.15) is 5.69 Å². The SMILES string of the molecule is COc1cc(/C=N\NC(=O)c2c(-c3ccccc3)nnn2-c2nonc2N)ccc1OC(=O)c1cccc([N+](=O)[O-])c1C. The fourth-order valence-electron chi connectivity index (χ4n) is 4.03. The van der Waals surface area contributed by atoms with Crippen molar-refractivity contribution in [2.24, 2.45) is 5.10 Å². The number of amides is 1. The number of esters is 1. The van der Waals surface area contributed by atoms with Crippen molar-refractivity contribution in [3.8, 4) is 28.6 Å². The molecule has 5 rings (SSSR count). The molecule has 2 heterocycles. The smallest absolute Gasteiger partial charge is 0.344 e. The summed E-state index contributed by atoms with van der Waals surface area (Å²) in [4.78, 5) is 36.7. The Morgan fingerprint density at radius 2 is 1.88 bits per heavy atom. The van der Waals surface area contributed by atoms with E-state index in [9.17, 15) is 19.7 Å². The Morgan fingerprint density at radius 3 is 2.58 bits per heavy atom. The van der Waals surface area contributed by atoms with Crippen molar-refractivity contribution in [3.63, 3.8) is 0 Å². The number of benzene rings is 3. The van der Waals surface area contributed by atoms with E-state index < -0.39 is 16.8 Å². The highest BCUT2D eigenvalue weighted by atomic mass is 16.6. The van der Waals surface area contributed by atoms with E-state index in [0.717, 1.165) is 4.68 Å². The zero-order chi connectivity index (χ0) is 30.5. The number of carbonyl (C=O) groups excluding carboxylic acids is 2. The Bertz CT molecular complexity index is 1870. The summed E-state index contributed by atoms with van der Waals surface area (Å²) in [6.45, 7) is 1.46. The minimum atomic E-state index is -0.796. The average Bonchev–Trinajstić information content (AvgIpc) is 3.64. The number of rotatable bonds is 9. The number of hydrogen-bond acceptors (Lipinski definition) is 13. The molecule has 1 amide bonds. The van der Waals surface area contributed by atoms with Gasteiger partial charge in [0, 0.05) is 17.2 Å². The topological polar surface area (TPSA) is 216 Å². The van der Waals surface area contributed by atoms with E-state index in [1.165, 1.54) is 50.6 Å². The van der Waals surface area contributed by atoms with Crippen LogP contribution >= 0.6 is 0 Å². The van der Waals surface area contributed by atoms with Crippen LogP contribution in [0.1, 0.15) is 32.0 Å². The molecule has 5 aromatic rings. The van der Waals surface area contributed by atoms with Gasteiger partial charge in [0.15, 0.2) is 17.2 Å². The normalized spacial score (nSPS) is 10.9. The molecule has 16 heteroatoms. The van der Waals surface area contributed by atoms with E-state index in [1.54, 1.807) is 30.3 Å². The van der Waals surface area contributed by atoms with Crippen LogP contribution < -0.4 is 20.6 Å². The first-order valence-corrected chi connectivity index (χ1v) is 12.4. The van der Waals surface area contributed by atoms with Gasteiger partial charge in [-0.15, -0.1) is 5.10 Å². The Kier molecular flexibility index (Phi) is 7.82. The number of ether oxygens (including phenoxy) is 2. The third kappa shape index (κ3) is 5.73. The van der Waals surface area contributed by atoms with E-state index >= 15 is 0 Å². The maximum Gasteiger partial charge on any atom is 0.344 e. The fourth-order valence-corrected chi connectivity index (χ4v) is 4.03. The summed E-state index contributed by atoms with van der Waals surface area (Å²) in [7, 11) is 1.37. The molecule has 0 radical (unpaired) electrons. The summed E-state index contributed by atoms with van der Waals surface area (Å²) in [6, 6.07) is 17.5. The molecular weight excluding hydrogens is 562 g/mol. The number of nitrogens with one attached hydrogen (secondary N) is 1. The zero-order valence-electron chi connectivity index (χ0n) is 22.5. The summed E-state index contributed by atoms with van der Waals surface area (Å²) in [5.74, 6) is -1.37. The Morgan fingerprint density at radius 1 is 1.09 bits per heavy atom. The summed E-state index contributed by atoms with van der Waals surface area (Å²) in [5, 5.41) is 30.6. The largest absolute Gasteiger partial charge is 0.493 e. The lowest BCUT2D eigenvalue weighted by Gasteiger charge is -2.11. The lowest BCUT2D eigenvalue weighted by Crippen LogP contribution is -2.22. The van der Waals surface area contributed by atoms with Crippen LogP contribution in [0.2, 0.25) is 0 Å². The molecule has 43 heavy (non-hydrogen) atoms. The molecule has 0 fully saturated rings. The number of nitro groups is 1. The van der Waals surface area contributed by atoms with Crippen molar-refractivity contribution in [1.82, 2.24) is 30.7 Å². The van der Waals surface area contributed by atoms with Crippen LogP contribution in [0.4, 0.5) is 11.5 Å². The number of nitrogens with zero attached hydrogens (tertiary/aromatic N) is 7. The van der Waals surface area contributed by atoms with Crippen molar-refractivity contribution >= 4 is 29.6 Å². The molecule has 0 saturated carbocycles. The number of methoxy groups -OCH3 is 1. The second-order valence-electron chi connectivity index (χ2n) is 8.74. The molecule has 0 aliphatic carbocycles. The number of anilines is 1. The third-order valence-corrected chi connectivity index (χ3v) is 6.12. The first-order valence-electron chi connectivity index (χ1n) is 12.4. The number of nitrogens with two attached hydrogens (primary N) is 1. The van der Waals surface area contributed by atoms with Crippen LogP contribution in [0.3, 0.4) is 0 Å². The second-order valence-corrected chi connectivity index (χ2v) is 8.74. The van der Waals surface area contributed by atoms with Crippen LogP contribution in [-0.4, -0.2) is 55.4 Å². The molecule has 0 bridgehead atoms. The van der Waals surface area contributed by atoms with Gasteiger partial charge in [0.05, 0.1) is 23.8 Å². The van der Waals surface area contributed by atoms with E-state index in [1.807, 2.05) is 6.07 Å². The number of nitro benzene ring substituents is 1. The molecule has 0 atom stereocenters. The van der Waals surface area contributed by atoms with Gasteiger partial charge in [-0.1, -0.05) is 41.6 Å². The molecule has 0 aliphatic rings. The highest BCUT2D eigenvalue weighted by Gasteiger charge is 2.26. The van der Waals surface area contributed by atoms with Crippen LogP contribution in [0.15, 0.2) is 76.5 Å². The molecule has 0 aliphatic heterocycles. The minimum absolute atomic E-state index is 0.0259. The van der Waals surface area contributed by atoms with Gasteiger partial charge in [0.25, 0.3) is 11.6 Å². The number of nitrogen functional groups attached to an aromatic ring is 1. The molecular formula is C27H21N9O7. The van der Waals surface area contributed by atoms with Gasteiger partial charge in [0.2, 0.25) is 11.6 Å². The van der Waals surface area contributed by atoms with Crippen molar-refractivity contribution in [2.75, 3.05) is 12.8 Å². The van der Waals surface area contributed by atoms with Crippen molar-refractivity contribution in [1.29, 1.82) is 0 Å². The first-order chi connectivity index (χ1) is 20.8. The van der Waals surface area contributed by atoms with Crippen molar-refractivity contribution < 1.29 is 28.6 Å². The molecule has 16 nitrogen and oxygen atoms in total. The molecule has 216 valence electrons. The molecule has 0 spiro atoms. The van der Waals surface area contributed by atoms with Crippen LogP contribution in [0.5, 0.6) is 11.5 Å².